The van der Waals surface area contributed by atoms with E-state index in [1.807, 2.05) is 6.92 Å². The van der Waals surface area contributed by atoms with E-state index >= 15 is 0 Å². The van der Waals surface area contributed by atoms with E-state index in [9.17, 15) is 22.7 Å². The number of sulfone groups is 1. The Bertz CT molecular complexity index is 815. The predicted molar refractivity (Wildman–Crippen MR) is 105 cm³/mol. The fraction of sp³-hybridized carbons (Fsp3) is 0.650. The van der Waals surface area contributed by atoms with Crippen LogP contribution in [-0.2, 0) is 9.84 Å². The Balaban J connectivity index is 1.77. The van der Waals surface area contributed by atoms with Crippen molar-refractivity contribution in [2.24, 2.45) is 11.8 Å². The van der Waals surface area contributed by atoms with Crippen molar-refractivity contribution in [3.8, 4) is 0 Å². The van der Waals surface area contributed by atoms with E-state index in [1.54, 1.807) is 17.9 Å². The van der Waals surface area contributed by atoms with Crippen LogP contribution >= 0.6 is 0 Å². The molecule has 1 aromatic rings. The van der Waals surface area contributed by atoms with Gasteiger partial charge >= 0.3 is 0 Å². The highest BCUT2D eigenvalue weighted by Gasteiger charge is 2.44. The van der Waals surface area contributed by atoms with Gasteiger partial charge in [0.1, 0.15) is 5.82 Å². The minimum absolute atomic E-state index is 0.0311. The average molecular weight is 413 g/mol. The summed E-state index contributed by atoms with van der Waals surface area (Å²) in [6.45, 7) is 5.71. The van der Waals surface area contributed by atoms with Crippen LogP contribution in [0.1, 0.15) is 29.3 Å². The minimum Gasteiger partial charge on any atom is -0.394 e. The number of rotatable bonds is 5. The summed E-state index contributed by atoms with van der Waals surface area (Å²) in [5.74, 6) is -0.408. The van der Waals surface area contributed by atoms with Gasteiger partial charge in [0.15, 0.2) is 9.84 Å². The minimum atomic E-state index is -2.95. The van der Waals surface area contributed by atoms with E-state index in [1.165, 1.54) is 12.1 Å². The van der Waals surface area contributed by atoms with Crippen LogP contribution in [0.3, 0.4) is 0 Å². The summed E-state index contributed by atoms with van der Waals surface area (Å²) >= 11 is 0. The van der Waals surface area contributed by atoms with Crippen LogP contribution in [0.4, 0.5) is 4.39 Å². The zero-order chi connectivity index (χ0) is 20.5. The van der Waals surface area contributed by atoms with Crippen LogP contribution < -0.4 is 0 Å². The van der Waals surface area contributed by atoms with Gasteiger partial charge in [0.25, 0.3) is 5.91 Å². The Morgan fingerprint density at radius 2 is 1.96 bits per heavy atom. The van der Waals surface area contributed by atoms with Gasteiger partial charge in [-0.15, -0.1) is 0 Å². The molecular weight excluding hydrogens is 383 g/mol. The molecule has 0 aliphatic carbocycles. The molecule has 1 amide bonds. The number of halogens is 1. The Morgan fingerprint density at radius 1 is 1.29 bits per heavy atom. The summed E-state index contributed by atoms with van der Waals surface area (Å²) in [6, 6.07) is 4.17. The van der Waals surface area contributed by atoms with Gasteiger partial charge in [0.2, 0.25) is 0 Å². The Labute approximate surface area is 166 Å². The van der Waals surface area contributed by atoms with Gasteiger partial charge in [-0.1, -0.05) is 19.4 Å². The highest BCUT2D eigenvalue weighted by atomic mass is 32.2. The first-order valence-corrected chi connectivity index (χ1v) is 11.7. The number of benzene rings is 1. The lowest BCUT2D eigenvalue weighted by Gasteiger charge is -2.33. The van der Waals surface area contributed by atoms with Crippen LogP contribution in [0, 0.1) is 24.6 Å². The maximum absolute atomic E-state index is 14.3. The summed E-state index contributed by atoms with van der Waals surface area (Å²) in [5.41, 5.74) is 0.780. The molecule has 2 fully saturated rings. The molecule has 1 aromatic carbocycles. The number of amides is 1. The van der Waals surface area contributed by atoms with E-state index in [0.29, 0.717) is 26.2 Å². The lowest BCUT2D eigenvalue weighted by Crippen LogP contribution is -2.47. The molecule has 0 saturated carbocycles. The highest BCUT2D eigenvalue weighted by Crippen LogP contribution is 2.34. The number of hydrogen-bond acceptors (Lipinski definition) is 5. The molecule has 156 valence electrons. The smallest absolute Gasteiger partial charge is 0.257 e. The largest absolute Gasteiger partial charge is 0.394 e. The highest BCUT2D eigenvalue weighted by molar-refractivity contribution is 7.91. The SMILES string of the molecule is CC[C@@H]1CN(C(=O)c2ccc(C)cc2F)[C@H](CO)[C@@H]1CN1CCS(=O)(=O)CC1. The van der Waals surface area contributed by atoms with E-state index in [2.05, 4.69) is 4.90 Å². The topological polar surface area (TPSA) is 77.9 Å². The molecule has 8 heteroatoms. The molecule has 0 aromatic heterocycles. The quantitative estimate of drug-likeness (QED) is 0.789. The molecule has 2 aliphatic rings. The first-order valence-electron chi connectivity index (χ1n) is 9.86. The molecule has 2 aliphatic heterocycles. The standard InChI is InChI=1S/C20H29FN2O4S/c1-3-15-11-23(20(25)16-5-4-14(2)10-18(16)21)19(13-24)17(15)12-22-6-8-28(26,27)9-7-22/h4-5,10,15,17,19,24H,3,6-9,11-13H2,1-2H3/t15-,17-,19-/m1/s1. The van der Waals surface area contributed by atoms with Crippen LogP contribution in [0.15, 0.2) is 18.2 Å². The van der Waals surface area contributed by atoms with Gasteiger partial charge in [0, 0.05) is 26.2 Å². The van der Waals surface area contributed by atoms with Gasteiger partial charge in [-0.3, -0.25) is 4.79 Å². The molecule has 3 atom stereocenters. The van der Waals surface area contributed by atoms with Crippen molar-refractivity contribution >= 4 is 15.7 Å². The average Bonchev–Trinajstić information content (AvgIpc) is 3.00. The molecule has 0 bridgehead atoms. The second-order valence-corrected chi connectivity index (χ2v) is 10.3. The number of carbonyl (C=O) groups is 1. The number of hydrogen-bond donors (Lipinski definition) is 1. The molecule has 0 unspecified atom stereocenters. The molecule has 0 radical (unpaired) electrons. The second kappa shape index (κ2) is 8.47. The van der Waals surface area contributed by atoms with E-state index in [0.717, 1.165) is 12.0 Å². The molecule has 2 saturated heterocycles. The van der Waals surface area contributed by atoms with E-state index in [-0.39, 0.29) is 35.5 Å². The third kappa shape index (κ3) is 4.39. The molecule has 28 heavy (non-hydrogen) atoms. The second-order valence-electron chi connectivity index (χ2n) is 7.98. The molecule has 3 rings (SSSR count). The molecule has 6 nitrogen and oxygen atoms in total. The first kappa shape index (κ1) is 21.2. The molecule has 0 spiro atoms. The third-order valence-corrected chi connectivity index (χ3v) is 7.77. The Hall–Kier alpha value is -1.51. The summed E-state index contributed by atoms with van der Waals surface area (Å²) in [7, 11) is -2.95. The maximum Gasteiger partial charge on any atom is 0.257 e. The lowest BCUT2D eigenvalue weighted by molar-refractivity contribution is 0.0614. The van der Waals surface area contributed by atoms with Crippen molar-refractivity contribution in [3.05, 3.63) is 35.1 Å². The van der Waals surface area contributed by atoms with Crippen molar-refractivity contribution in [1.29, 1.82) is 0 Å². The van der Waals surface area contributed by atoms with Gasteiger partial charge in [-0.25, -0.2) is 12.8 Å². The normalized spacial score (nSPS) is 27.9. The molecular formula is C20H29FN2O4S. The Morgan fingerprint density at radius 3 is 2.54 bits per heavy atom. The maximum atomic E-state index is 14.3. The number of likely N-dealkylation sites (tertiary alicyclic amines) is 1. The number of aliphatic hydroxyl groups excluding tert-OH is 1. The summed E-state index contributed by atoms with van der Waals surface area (Å²) in [6.07, 6.45) is 0.841. The van der Waals surface area contributed by atoms with Crippen molar-refractivity contribution in [2.45, 2.75) is 26.3 Å². The van der Waals surface area contributed by atoms with Crippen molar-refractivity contribution in [1.82, 2.24) is 9.80 Å². The molecule has 1 N–H and O–H groups in total. The summed E-state index contributed by atoms with van der Waals surface area (Å²) in [4.78, 5) is 16.7. The lowest BCUT2D eigenvalue weighted by atomic mass is 9.88. The zero-order valence-corrected chi connectivity index (χ0v) is 17.3. The van der Waals surface area contributed by atoms with Crippen molar-refractivity contribution in [2.75, 3.05) is 44.3 Å². The number of aliphatic hydroxyl groups is 1. The number of nitrogens with zero attached hydrogens (tertiary/aromatic N) is 2. The van der Waals surface area contributed by atoms with E-state index in [4.69, 9.17) is 0 Å². The van der Waals surface area contributed by atoms with Gasteiger partial charge in [0.05, 0.1) is 29.7 Å². The van der Waals surface area contributed by atoms with Crippen LogP contribution in [0.5, 0.6) is 0 Å². The fourth-order valence-electron chi connectivity index (χ4n) is 4.42. The third-order valence-electron chi connectivity index (χ3n) is 6.16. The summed E-state index contributed by atoms with van der Waals surface area (Å²) < 4.78 is 37.7. The molecule has 2 heterocycles. The van der Waals surface area contributed by atoms with E-state index < -0.39 is 27.6 Å². The van der Waals surface area contributed by atoms with Gasteiger partial charge < -0.3 is 14.9 Å². The predicted octanol–water partition coefficient (Wildman–Crippen LogP) is 1.32. The van der Waals surface area contributed by atoms with Crippen LogP contribution in [0.2, 0.25) is 0 Å². The first-order chi connectivity index (χ1) is 13.3. The van der Waals surface area contributed by atoms with Crippen molar-refractivity contribution in [3.63, 3.8) is 0 Å². The monoisotopic (exact) mass is 412 g/mol. The van der Waals surface area contributed by atoms with Crippen LogP contribution in [0.25, 0.3) is 0 Å². The van der Waals surface area contributed by atoms with Gasteiger partial charge in [-0.2, -0.15) is 0 Å². The number of carbonyl (C=O) groups excluding carboxylic acids is 1. The fourth-order valence-corrected chi connectivity index (χ4v) is 5.69. The van der Waals surface area contributed by atoms with Gasteiger partial charge in [-0.05, 0) is 36.5 Å². The number of aryl methyl sites for hydroxylation is 1. The Kier molecular flexibility index (Phi) is 6.41. The summed E-state index contributed by atoms with van der Waals surface area (Å²) in [5, 5.41) is 10.0. The zero-order valence-electron chi connectivity index (χ0n) is 16.5. The van der Waals surface area contributed by atoms with Crippen molar-refractivity contribution < 1.29 is 22.7 Å². The van der Waals surface area contributed by atoms with Crippen LogP contribution in [-0.4, -0.2) is 79.6 Å².